The second kappa shape index (κ2) is 47.0. The fourth-order valence-electron chi connectivity index (χ4n) is 7.02. The number of aliphatic carboxylic acids is 3. The summed E-state index contributed by atoms with van der Waals surface area (Å²) in [6.45, 7) is 17.7. The molecule has 5 N–H and O–H groups in total. The van der Waals surface area contributed by atoms with E-state index in [1.54, 1.807) is 0 Å². The van der Waals surface area contributed by atoms with Crippen molar-refractivity contribution in [2.24, 2.45) is 31.8 Å². The summed E-state index contributed by atoms with van der Waals surface area (Å²) in [5, 5.41) is 42.4. The van der Waals surface area contributed by atoms with Crippen LogP contribution < -0.4 is 0 Å². The maximum Gasteiger partial charge on any atom is 0.306 e. The Morgan fingerprint density at radius 3 is 1.01 bits per heavy atom. The number of aliphatic hydroxyl groups is 2. The number of carboxylic acids is 3. The molecular formula is C54H88Co2N6O12. The molecule has 0 amide bonds. The Labute approximate surface area is 461 Å². The zero-order valence-electron chi connectivity index (χ0n) is 44.9. The van der Waals surface area contributed by atoms with Crippen LogP contribution in [0.25, 0.3) is 0 Å². The molecule has 6 rings (SSSR count). The molecule has 4 aliphatic heterocycles. The molecule has 6 heterocycles. The molecule has 2 unspecified atom stereocenters. The van der Waals surface area contributed by atoms with Gasteiger partial charge in [0.05, 0.1) is 38.0 Å². The van der Waals surface area contributed by atoms with Crippen LogP contribution in [0.5, 0.6) is 0 Å². The van der Waals surface area contributed by atoms with Gasteiger partial charge in [-0.2, -0.15) is 0 Å². The van der Waals surface area contributed by atoms with Crippen molar-refractivity contribution in [3.63, 3.8) is 0 Å². The number of hydrogen-bond acceptors (Lipinski definition) is 15. The van der Waals surface area contributed by atoms with Gasteiger partial charge in [0.25, 0.3) is 0 Å². The van der Waals surface area contributed by atoms with Crippen molar-refractivity contribution in [1.29, 1.82) is 0 Å². The monoisotopic (exact) mass is 1130 g/mol. The molecule has 4 aliphatic rings. The SMILES string of the molecule is CCCCC(CC)C(=O)O.CCCCC(CC)C(=O)O.CCCCCCCC(=O)O.CCCCCCCC(O)O.[Co].[Co].c1cc(C2=NCCO2)nc(C2=NCCO2)c1.c1cc(C2=NCCO2)nc(C2=NCCO2)c1. The zero-order chi connectivity index (χ0) is 53.2. The summed E-state index contributed by atoms with van der Waals surface area (Å²) in [6.07, 6.45) is 18.6. The molecule has 20 heteroatoms. The van der Waals surface area contributed by atoms with Gasteiger partial charge in [0.2, 0.25) is 23.6 Å². The largest absolute Gasteiger partial charge is 0.481 e. The van der Waals surface area contributed by atoms with E-state index in [1.165, 1.54) is 38.5 Å². The van der Waals surface area contributed by atoms with Crippen LogP contribution in [0.2, 0.25) is 0 Å². The minimum absolute atomic E-state index is 0. The first-order valence-electron chi connectivity index (χ1n) is 26.5. The summed E-state index contributed by atoms with van der Waals surface area (Å²) in [7, 11) is 0. The normalized spacial score (nSPS) is 14.4. The molecule has 2 aromatic heterocycles. The van der Waals surface area contributed by atoms with E-state index in [0.29, 0.717) is 89.0 Å². The van der Waals surface area contributed by atoms with Gasteiger partial charge in [-0.3, -0.25) is 14.4 Å². The number of ether oxygens (including phenoxy) is 4. The molecule has 0 bridgehead atoms. The minimum Gasteiger partial charge on any atom is -0.481 e. The number of rotatable bonds is 26. The van der Waals surface area contributed by atoms with Gasteiger partial charge >= 0.3 is 17.9 Å². The molecular weight excluding hydrogens is 1040 g/mol. The molecule has 0 aliphatic carbocycles. The third kappa shape index (κ3) is 34.2. The number of pyridine rings is 2. The standard InChI is InChI=1S/2C11H11N3O2.2C8H16O2.C8H18O2.C8H16O2.2Co/c2*1-2-8(10-12-4-6-15-10)14-9(3-1)11-13-5-7-16-11;2*1-3-5-6-7(4-2)8(9)10;2*1-2-3-4-5-6-7-8(9)10;;/h2*1-3H,4-7H2;2*7H,3-6H2,1-2H3,(H,9,10);8-10H,2-7H2,1H3;2-7H2,1H3,(H,9,10);;. The minimum atomic E-state index is -1.10. The number of aromatic nitrogens is 2. The summed E-state index contributed by atoms with van der Waals surface area (Å²) >= 11 is 0. The second-order valence-electron chi connectivity index (χ2n) is 17.4. The van der Waals surface area contributed by atoms with E-state index in [4.69, 9.17) is 44.5 Å². The van der Waals surface area contributed by atoms with Crippen molar-refractivity contribution in [3.8, 4) is 0 Å². The molecule has 0 saturated heterocycles. The number of aliphatic hydroxyl groups excluding tert-OH is 1. The van der Waals surface area contributed by atoms with Crippen molar-refractivity contribution >= 4 is 41.5 Å². The van der Waals surface area contributed by atoms with Gasteiger partial charge in [-0.15, -0.1) is 0 Å². The quantitative estimate of drug-likeness (QED) is 0.0434. The number of unbranched alkanes of at least 4 members (excludes halogenated alkanes) is 10. The van der Waals surface area contributed by atoms with Gasteiger partial charge in [0, 0.05) is 40.0 Å². The van der Waals surface area contributed by atoms with Crippen molar-refractivity contribution in [1.82, 2.24) is 9.97 Å². The molecule has 2 aromatic rings. The van der Waals surface area contributed by atoms with Crippen LogP contribution in [0, 0.1) is 11.8 Å². The molecule has 2 atom stereocenters. The first kappa shape index (κ1) is 71.6. The Kier molecular flexibility index (Phi) is 45.5. The van der Waals surface area contributed by atoms with Crippen molar-refractivity contribution in [3.05, 3.63) is 59.2 Å². The second-order valence-corrected chi connectivity index (χ2v) is 17.4. The maximum atomic E-state index is 10.4. The van der Waals surface area contributed by atoms with Crippen LogP contribution in [0.15, 0.2) is 56.4 Å². The van der Waals surface area contributed by atoms with Gasteiger partial charge in [-0.1, -0.05) is 131 Å². The van der Waals surface area contributed by atoms with Gasteiger partial charge in [-0.05, 0) is 69.2 Å². The number of carboxylic acid groups (broad SMARTS) is 3. The van der Waals surface area contributed by atoms with Crippen LogP contribution in [0.3, 0.4) is 0 Å². The Bertz CT molecular complexity index is 1730. The van der Waals surface area contributed by atoms with Crippen LogP contribution in [0.4, 0.5) is 0 Å². The molecule has 18 nitrogen and oxygen atoms in total. The summed E-state index contributed by atoms with van der Waals surface area (Å²) in [4.78, 5) is 56.7. The Morgan fingerprint density at radius 2 is 0.770 bits per heavy atom. The van der Waals surface area contributed by atoms with E-state index >= 15 is 0 Å². The molecule has 0 saturated carbocycles. The Balaban J connectivity index is 0. The van der Waals surface area contributed by atoms with Crippen LogP contribution in [-0.4, -0.2) is 136 Å². The molecule has 2 radical (unpaired) electrons. The van der Waals surface area contributed by atoms with Crippen molar-refractivity contribution in [2.75, 3.05) is 52.6 Å². The van der Waals surface area contributed by atoms with Crippen LogP contribution >= 0.6 is 0 Å². The van der Waals surface area contributed by atoms with E-state index < -0.39 is 24.2 Å². The van der Waals surface area contributed by atoms with Gasteiger partial charge in [0.15, 0.2) is 6.29 Å². The first-order chi connectivity index (χ1) is 34.8. The average Bonchev–Trinajstić information content (AvgIpc) is 4.25. The molecule has 0 spiro atoms. The van der Waals surface area contributed by atoms with Crippen molar-refractivity contribution < 1.29 is 92.4 Å². The molecule has 74 heavy (non-hydrogen) atoms. The predicted molar refractivity (Wildman–Crippen MR) is 282 cm³/mol. The number of hydrogen-bond donors (Lipinski definition) is 5. The van der Waals surface area contributed by atoms with E-state index in [9.17, 15) is 14.4 Å². The van der Waals surface area contributed by atoms with Gasteiger partial charge in [-0.25, -0.2) is 29.9 Å². The summed E-state index contributed by atoms with van der Waals surface area (Å²) in [5.74, 6) is 0.269. The van der Waals surface area contributed by atoms with E-state index in [1.807, 2.05) is 50.2 Å². The summed E-state index contributed by atoms with van der Waals surface area (Å²) in [5.41, 5.74) is 2.97. The van der Waals surface area contributed by atoms with E-state index in [-0.39, 0.29) is 45.4 Å². The number of carbonyl (C=O) groups is 3. The number of nitrogens with zero attached hydrogens (tertiary/aromatic N) is 6. The predicted octanol–water partition coefficient (Wildman–Crippen LogP) is 9.93. The molecule has 424 valence electrons. The number of aliphatic imine (C=N–C) groups is 4. The zero-order valence-corrected chi connectivity index (χ0v) is 47.0. The summed E-state index contributed by atoms with van der Waals surface area (Å²) < 4.78 is 21.5. The van der Waals surface area contributed by atoms with Gasteiger partial charge < -0.3 is 44.5 Å². The maximum absolute atomic E-state index is 10.4. The summed E-state index contributed by atoms with van der Waals surface area (Å²) in [6, 6.07) is 11.3. The Hall–Kier alpha value is -4.48. The third-order valence-corrected chi connectivity index (χ3v) is 11.3. The average molecular weight is 1130 g/mol. The van der Waals surface area contributed by atoms with E-state index in [2.05, 4.69) is 57.6 Å². The van der Waals surface area contributed by atoms with Gasteiger partial charge in [0.1, 0.15) is 49.2 Å². The van der Waals surface area contributed by atoms with Crippen LogP contribution in [-0.2, 0) is 66.9 Å². The third-order valence-electron chi connectivity index (χ3n) is 11.3. The topological polar surface area (TPSA) is 264 Å². The van der Waals surface area contributed by atoms with Crippen LogP contribution in [0.1, 0.15) is 193 Å². The smallest absolute Gasteiger partial charge is 0.306 e. The van der Waals surface area contributed by atoms with E-state index in [0.717, 1.165) is 99.8 Å². The molecule has 0 aromatic carbocycles. The molecule has 0 fully saturated rings. The van der Waals surface area contributed by atoms with Crippen molar-refractivity contribution in [2.45, 2.75) is 176 Å². The fourth-order valence-corrected chi connectivity index (χ4v) is 7.02. The fraction of sp³-hybridized carbons (Fsp3) is 0.685. The first-order valence-corrected chi connectivity index (χ1v) is 26.5. The Morgan fingerprint density at radius 1 is 0.459 bits per heavy atom.